The Balaban J connectivity index is 2.10. The van der Waals surface area contributed by atoms with E-state index in [4.69, 9.17) is 0 Å². The summed E-state index contributed by atoms with van der Waals surface area (Å²) in [5.74, 6) is 1.66. The Morgan fingerprint density at radius 3 is 2.48 bits per heavy atom. The summed E-state index contributed by atoms with van der Waals surface area (Å²) in [6.07, 6.45) is 5.29. The summed E-state index contributed by atoms with van der Waals surface area (Å²) in [5, 5.41) is 3.76. The van der Waals surface area contributed by atoms with E-state index in [1.54, 1.807) is 0 Å². The first-order valence-corrected chi connectivity index (χ1v) is 9.48. The molecule has 1 fully saturated rings. The molecule has 0 saturated heterocycles. The zero-order valence-electron chi connectivity index (χ0n) is 14.0. The molecule has 1 saturated carbocycles. The summed E-state index contributed by atoms with van der Waals surface area (Å²) in [7, 11) is 0. The van der Waals surface area contributed by atoms with Crippen LogP contribution in [0.5, 0.6) is 0 Å². The van der Waals surface area contributed by atoms with E-state index in [-0.39, 0.29) is 0 Å². The molecular formula is C19H30IN. The second kappa shape index (κ2) is 7.45. The largest absolute Gasteiger partial charge is 0.314 e. The number of halogens is 1. The van der Waals surface area contributed by atoms with Crippen LogP contribution in [-0.2, 0) is 6.42 Å². The molecule has 0 aromatic heterocycles. The Morgan fingerprint density at radius 1 is 1.19 bits per heavy atom. The monoisotopic (exact) mass is 399 g/mol. The maximum absolute atomic E-state index is 3.76. The van der Waals surface area contributed by atoms with Gasteiger partial charge in [-0.25, -0.2) is 0 Å². The van der Waals surface area contributed by atoms with E-state index in [2.05, 4.69) is 79.9 Å². The van der Waals surface area contributed by atoms with E-state index < -0.39 is 0 Å². The molecule has 0 heterocycles. The molecule has 3 unspecified atom stereocenters. The minimum absolute atomic E-state index is 0.361. The Morgan fingerprint density at radius 2 is 1.86 bits per heavy atom. The smallest absolute Gasteiger partial charge is 0.0130 e. The summed E-state index contributed by atoms with van der Waals surface area (Å²) in [6.45, 7) is 10.7. The molecule has 2 rings (SSSR count). The zero-order chi connectivity index (χ0) is 15.5. The minimum atomic E-state index is 0.361. The van der Waals surface area contributed by atoms with Crippen molar-refractivity contribution < 1.29 is 0 Å². The van der Waals surface area contributed by atoms with Crippen LogP contribution in [0.2, 0.25) is 0 Å². The summed E-state index contributed by atoms with van der Waals surface area (Å²) >= 11 is 2.38. The molecule has 0 aliphatic heterocycles. The van der Waals surface area contributed by atoms with Gasteiger partial charge in [-0.2, -0.15) is 0 Å². The number of nitrogens with one attached hydrogen (secondary N) is 1. The van der Waals surface area contributed by atoms with E-state index in [0.717, 1.165) is 18.4 Å². The highest BCUT2D eigenvalue weighted by molar-refractivity contribution is 14.1. The van der Waals surface area contributed by atoms with Gasteiger partial charge in [0.1, 0.15) is 0 Å². The first kappa shape index (κ1) is 17.3. The van der Waals surface area contributed by atoms with E-state index in [1.165, 1.54) is 34.8 Å². The van der Waals surface area contributed by atoms with Crippen molar-refractivity contribution >= 4 is 22.6 Å². The van der Waals surface area contributed by atoms with Crippen LogP contribution in [0.1, 0.15) is 52.5 Å². The predicted octanol–water partition coefficient (Wildman–Crippen LogP) is 5.27. The molecule has 1 N–H and O–H groups in total. The van der Waals surface area contributed by atoms with Gasteiger partial charge in [0.25, 0.3) is 0 Å². The van der Waals surface area contributed by atoms with Gasteiger partial charge in [0.05, 0.1) is 0 Å². The summed E-state index contributed by atoms with van der Waals surface area (Å²) < 4.78 is 1.33. The maximum Gasteiger partial charge on any atom is 0.0130 e. The maximum atomic E-state index is 3.76. The van der Waals surface area contributed by atoms with Gasteiger partial charge in [-0.05, 0) is 83.3 Å². The molecule has 1 aliphatic rings. The highest BCUT2D eigenvalue weighted by atomic mass is 127. The molecule has 0 spiro atoms. The second-order valence-electron chi connectivity index (χ2n) is 7.48. The van der Waals surface area contributed by atoms with Crippen molar-refractivity contribution in [2.75, 3.05) is 6.54 Å². The van der Waals surface area contributed by atoms with Crippen LogP contribution in [0.3, 0.4) is 0 Å². The standard InChI is InChI=1S/C19H30IN/c1-5-21-18-12-14(2)6-11-17(18)19(3,4)13-15-7-9-16(20)10-8-15/h7-10,14,17-18,21H,5-6,11-13H2,1-4H3. The Bertz CT molecular complexity index is 437. The normalized spacial score (nSPS) is 26.8. The van der Waals surface area contributed by atoms with E-state index >= 15 is 0 Å². The molecule has 0 bridgehead atoms. The third kappa shape index (κ3) is 4.69. The van der Waals surface area contributed by atoms with Gasteiger partial charge < -0.3 is 5.32 Å². The lowest BCUT2D eigenvalue weighted by atomic mass is 9.64. The predicted molar refractivity (Wildman–Crippen MR) is 101 cm³/mol. The third-order valence-corrected chi connectivity index (χ3v) is 5.87. The van der Waals surface area contributed by atoms with Gasteiger partial charge >= 0.3 is 0 Å². The number of hydrogen-bond acceptors (Lipinski definition) is 1. The zero-order valence-corrected chi connectivity index (χ0v) is 16.1. The van der Waals surface area contributed by atoms with Crippen LogP contribution in [0.4, 0.5) is 0 Å². The first-order chi connectivity index (χ1) is 9.92. The van der Waals surface area contributed by atoms with Crippen LogP contribution < -0.4 is 5.32 Å². The molecule has 1 aromatic carbocycles. The molecule has 1 nitrogen and oxygen atoms in total. The van der Waals surface area contributed by atoms with Crippen molar-refractivity contribution in [1.82, 2.24) is 5.32 Å². The van der Waals surface area contributed by atoms with Gasteiger partial charge in [0, 0.05) is 9.61 Å². The van der Waals surface area contributed by atoms with Crippen molar-refractivity contribution in [3.05, 3.63) is 33.4 Å². The highest BCUT2D eigenvalue weighted by Crippen LogP contribution is 2.42. The fourth-order valence-electron chi connectivity index (χ4n) is 4.06. The van der Waals surface area contributed by atoms with Crippen LogP contribution >= 0.6 is 22.6 Å². The van der Waals surface area contributed by atoms with Crippen molar-refractivity contribution in [3.63, 3.8) is 0 Å². The average Bonchev–Trinajstić information content (AvgIpc) is 2.41. The molecule has 0 amide bonds. The van der Waals surface area contributed by atoms with E-state index in [9.17, 15) is 0 Å². The van der Waals surface area contributed by atoms with Crippen molar-refractivity contribution in [3.8, 4) is 0 Å². The van der Waals surface area contributed by atoms with Gasteiger partial charge in [-0.1, -0.05) is 46.2 Å². The number of benzene rings is 1. The molecule has 21 heavy (non-hydrogen) atoms. The second-order valence-corrected chi connectivity index (χ2v) is 8.73. The average molecular weight is 399 g/mol. The molecule has 0 radical (unpaired) electrons. The Labute approximate surface area is 144 Å². The van der Waals surface area contributed by atoms with Crippen LogP contribution in [0, 0.1) is 20.8 Å². The summed E-state index contributed by atoms with van der Waals surface area (Å²) in [4.78, 5) is 0. The SMILES string of the molecule is CCNC1CC(C)CCC1C(C)(C)Cc1ccc(I)cc1. The lowest BCUT2D eigenvalue weighted by molar-refractivity contribution is 0.0950. The molecule has 2 heteroatoms. The van der Waals surface area contributed by atoms with Crippen molar-refractivity contribution in [2.45, 2.75) is 59.4 Å². The van der Waals surface area contributed by atoms with E-state index in [0.29, 0.717) is 11.5 Å². The number of hydrogen-bond donors (Lipinski definition) is 1. The summed E-state index contributed by atoms with van der Waals surface area (Å²) in [5.41, 5.74) is 1.84. The first-order valence-electron chi connectivity index (χ1n) is 8.40. The van der Waals surface area contributed by atoms with Gasteiger partial charge in [0.15, 0.2) is 0 Å². The minimum Gasteiger partial charge on any atom is -0.314 e. The Kier molecular flexibility index (Phi) is 6.13. The van der Waals surface area contributed by atoms with Crippen LogP contribution in [0.25, 0.3) is 0 Å². The molecule has 118 valence electrons. The molecule has 1 aromatic rings. The quantitative estimate of drug-likeness (QED) is 0.665. The fourth-order valence-corrected chi connectivity index (χ4v) is 4.42. The van der Waals surface area contributed by atoms with Crippen LogP contribution in [-0.4, -0.2) is 12.6 Å². The lowest BCUT2D eigenvalue weighted by Gasteiger charge is -2.45. The van der Waals surface area contributed by atoms with Crippen molar-refractivity contribution in [1.29, 1.82) is 0 Å². The van der Waals surface area contributed by atoms with Gasteiger partial charge in [0.2, 0.25) is 0 Å². The Hall–Kier alpha value is -0.0900. The molecular weight excluding hydrogens is 369 g/mol. The third-order valence-electron chi connectivity index (χ3n) is 5.16. The lowest BCUT2D eigenvalue weighted by Crippen LogP contribution is -2.47. The molecule has 1 aliphatic carbocycles. The summed E-state index contributed by atoms with van der Waals surface area (Å²) in [6, 6.07) is 9.76. The van der Waals surface area contributed by atoms with Gasteiger partial charge in [-0.15, -0.1) is 0 Å². The fraction of sp³-hybridized carbons (Fsp3) is 0.684. The van der Waals surface area contributed by atoms with E-state index in [1.807, 2.05) is 0 Å². The topological polar surface area (TPSA) is 12.0 Å². The van der Waals surface area contributed by atoms with Crippen LogP contribution in [0.15, 0.2) is 24.3 Å². The highest BCUT2D eigenvalue weighted by Gasteiger charge is 2.38. The molecule has 3 atom stereocenters. The number of rotatable bonds is 5. The van der Waals surface area contributed by atoms with Crippen molar-refractivity contribution in [2.24, 2.45) is 17.3 Å². The van der Waals surface area contributed by atoms with Gasteiger partial charge in [-0.3, -0.25) is 0 Å².